The van der Waals surface area contributed by atoms with Gasteiger partial charge >= 0.3 is 0 Å². The fraction of sp³-hybridized carbons (Fsp3) is 0.296. The average Bonchev–Trinajstić information content (AvgIpc) is 3.59. The smallest absolute Gasteiger partial charge is 0.248 e. The lowest BCUT2D eigenvalue weighted by atomic mass is 9.90. The van der Waals surface area contributed by atoms with Crippen molar-refractivity contribution < 1.29 is 19.4 Å². The molecule has 5 heterocycles. The number of rotatable bonds is 5. The minimum Gasteiger partial charge on any atom is -0.493 e. The number of carbonyl (C=O) groups excluding carboxylic acids is 2. The summed E-state index contributed by atoms with van der Waals surface area (Å²) in [5.41, 5.74) is 12.5. The summed E-state index contributed by atoms with van der Waals surface area (Å²) < 4.78 is 7.09. The van der Waals surface area contributed by atoms with E-state index in [2.05, 4.69) is 16.1 Å². The third kappa shape index (κ3) is 3.99. The van der Waals surface area contributed by atoms with Crippen LogP contribution in [0.2, 0.25) is 0 Å². The van der Waals surface area contributed by atoms with Gasteiger partial charge in [0.15, 0.2) is 11.9 Å². The molecule has 1 aromatic carbocycles. The number of nitrogens with two attached hydrogens (primary N) is 1. The number of pyridine rings is 1. The topological polar surface area (TPSA) is 136 Å². The number of aromatic nitrogens is 4. The molecule has 1 fully saturated rings. The molecule has 0 saturated carbocycles. The van der Waals surface area contributed by atoms with Gasteiger partial charge in [0, 0.05) is 48.3 Å². The van der Waals surface area contributed by atoms with Crippen LogP contribution >= 0.6 is 0 Å². The number of nitrogen functional groups attached to an aromatic ring is 1. The maximum atomic E-state index is 12.0. The maximum absolute atomic E-state index is 12.0. The van der Waals surface area contributed by atoms with Crippen molar-refractivity contribution in [1.29, 1.82) is 0 Å². The third-order valence-electron chi connectivity index (χ3n) is 7.30. The summed E-state index contributed by atoms with van der Waals surface area (Å²) in [4.78, 5) is 35.0. The molecule has 6 rings (SSSR count). The van der Waals surface area contributed by atoms with Crippen molar-refractivity contribution in [2.24, 2.45) is 0 Å². The van der Waals surface area contributed by atoms with E-state index in [1.54, 1.807) is 17.3 Å². The Labute approximate surface area is 212 Å². The number of likely N-dealkylation sites (tertiary alicyclic amines) is 1. The number of fused-ring (bicyclic) bond motifs is 2. The molecule has 3 N–H and O–H groups in total. The highest BCUT2D eigenvalue weighted by molar-refractivity contribution is 5.87. The Morgan fingerprint density at radius 3 is 2.70 bits per heavy atom. The molecular weight excluding hydrogens is 472 g/mol. The second-order valence-electron chi connectivity index (χ2n) is 9.37. The quantitative estimate of drug-likeness (QED) is 0.401. The Hall–Kier alpha value is -4.31. The SMILES string of the molecule is Nc1c(C=O)c(C2CCN(C(=O)CO)CC2)nc2c(-c3ccc(-c4ccc5c(c4)CCO5)nc3)cnn12. The minimum absolute atomic E-state index is 0.0396. The first-order chi connectivity index (χ1) is 18.1. The van der Waals surface area contributed by atoms with Gasteiger partial charge in [-0.3, -0.25) is 14.6 Å². The minimum atomic E-state index is -0.506. The molecule has 0 spiro atoms. The summed E-state index contributed by atoms with van der Waals surface area (Å²) in [7, 11) is 0. The van der Waals surface area contributed by atoms with Crippen molar-refractivity contribution in [1.82, 2.24) is 24.5 Å². The summed E-state index contributed by atoms with van der Waals surface area (Å²) >= 11 is 0. The summed E-state index contributed by atoms with van der Waals surface area (Å²) in [6, 6.07) is 10.1. The van der Waals surface area contributed by atoms with E-state index >= 15 is 0 Å². The first-order valence-corrected chi connectivity index (χ1v) is 12.3. The second-order valence-corrected chi connectivity index (χ2v) is 9.37. The van der Waals surface area contributed by atoms with E-state index in [1.807, 2.05) is 24.3 Å². The zero-order chi connectivity index (χ0) is 25.5. The number of aliphatic hydroxyl groups excluding tert-OH is 1. The van der Waals surface area contributed by atoms with Gasteiger partial charge in [-0.2, -0.15) is 9.61 Å². The summed E-state index contributed by atoms with van der Waals surface area (Å²) in [5.74, 6) is 0.841. The molecule has 1 saturated heterocycles. The molecule has 0 radical (unpaired) electrons. The van der Waals surface area contributed by atoms with Gasteiger partial charge in [0.2, 0.25) is 5.91 Å². The van der Waals surface area contributed by atoms with Crippen LogP contribution in [0.1, 0.15) is 40.4 Å². The van der Waals surface area contributed by atoms with E-state index < -0.39 is 6.61 Å². The Bertz CT molecular complexity index is 1510. The van der Waals surface area contributed by atoms with Crippen molar-refractivity contribution in [2.45, 2.75) is 25.2 Å². The Kier molecular flexibility index (Phi) is 5.80. The van der Waals surface area contributed by atoms with Crippen molar-refractivity contribution in [3.8, 4) is 28.1 Å². The Morgan fingerprint density at radius 1 is 1.16 bits per heavy atom. The van der Waals surface area contributed by atoms with Gasteiger partial charge in [0.25, 0.3) is 0 Å². The van der Waals surface area contributed by atoms with Gasteiger partial charge in [-0.1, -0.05) is 6.07 Å². The van der Waals surface area contributed by atoms with Gasteiger partial charge < -0.3 is 20.5 Å². The number of aliphatic hydroxyl groups is 1. The van der Waals surface area contributed by atoms with Crippen LogP contribution in [0.15, 0.2) is 42.7 Å². The predicted octanol–water partition coefficient (Wildman–Crippen LogP) is 2.49. The highest BCUT2D eigenvalue weighted by Gasteiger charge is 2.28. The number of benzene rings is 1. The van der Waals surface area contributed by atoms with Crippen molar-refractivity contribution in [3.63, 3.8) is 0 Å². The fourth-order valence-corrected chi connectivity index (χ4v) is 5.25. The molecule has 188 valence electrons. The average molecular weight is 499 g/mol. The molecule has 0 unspecified atom stereocenters. The van der Waals surface area contributed by atoms with E-state index in [-0.39, 0.29) is 17.6 Å². The zero-order valence-electron chi connectivity index (χ0n) is 20.1. The van der Waals surface area contributed by atoms with Gasteiger partial charge in [-0.15, -0.1) is 0 Å². The highest BCUT2D eigenvalue weighted by atomic mass is 16.5. The number of ether oxygens (including phenoxy) is 1. The van der Waals surface area contributed by atoms with Crippen LogP contribution in [0.25, 0.3) is 28.0 Å². The fourth-order valence-electron chi connectivity index (χ4n) is 5.25. The van der Waals surface area contributed by atoms with Crippen LogP contribution in [0, 0.1) is 0 Å². The molecule has 1 amide bonds. The summed E-state index contributed by atoms with van der Waals surface area (Å²) in [6.07, 6.45) is 6.35. The van der Waals surface area contributed by atoms with Crippen LogP contribution in [-0.2, 0) is 11.2 Å². The summed E-state index contributed by atoms with van der Waals surface area (Å²) in [6.45, 7) is 1.18. The monoisotopic (exact) mass is 498 g/mol. The molecule has 2 aliphatic heterocycles. The van der Waals surface area contributed by atoms with E-state index in [1.165, 1.54) is 10.1 Å². The normalized spacial score (nSPS) is 15.5. The molecule has 10 heteroatoms. The Morgan fingerprint density at radius 2 is 1.97 bits per heavy atom. The molecule has 0 bridgehead atoms. The molecule has 10 nitrogen and oxygen atoms in total. The first kappa shape index (κ1) is 23.1. The van der Waals surface area contributed by atoms with Crippen molar-refractivity contribution in [2.75, 3.05) is 32.0 Å². The van der Waals surface area contributed by atoms with Gasteiger partial charge in [-0.05, 0) is 42.7 Å². The van der Waals surface area contributed by atoms with E-state index in [4.69, 9.17) is 20.6 Å². The molecule has 2 aliphatic rings. The van der Waals surface area contributed by atoms with Crippen LogP contribution in [-0.4, -0.2) is 68.1 Å². The lowest BCUT2D eigenvalue weighted by Gasteiger charge is -2.32. The number of nitrogens with zero attached hydrogens (tertiary/aromatic N) is 5. The number of hydrogen-bond donors (Lipinski definition) is 2. The van der Waals surface area contributed by atoms with Gasteiger partial charge in [0.05, 0.1) is 29.8 Å². The summed E-state index contributed by atoms with van der Waals surface area (Å²) in [5, 5.41) is 13.6. The van der Waals surface area contributed by atoms with Gasteiger partial charge in [0.1, 0.15) is 18.2 Å². The van der Waals surface area contributed by atoms with E-state index in [0.717, 1.165) is 40.8 Å². The molecular formula is C27H26N6O4. The number of amides is 1. The molecule has 0 atom stereocenters. The number of anilines is 1. The molecule has 3 aromatic heterocycles. The van der Waals surface area contributed by atoms with Crippen LogP contribution < -0.4 is 10.5 Å². The van der Waals surface area contributed by atoms with Gasteiger partial charge in [-0.25, -0.2) is 4.98 Å². The second kappa shape index (κ2) is 9.29. The molecule has 37 heavy (non-hydrogen) atoms. The molecule has 4 aromatic rings. The van der Waals surface area contributed by atoms with E-state index in [0.29, 0.717) is 49.4 Å². The number of carbonyl (C=O) groups is 2. The number of hydrogen-bond acceptors (Lipinski definition) is 8. The highest BCUT2D eigenvalue weighted by Crippen LogP contribution is 2.34. The lowest BCUT2D eigenvalue weighted by Crippen LogP contribution is -2.39. The zero-order valence-corrected chi connectivity index (χ0v) is 20.1. The van der Waals surface area contributed by atoms with Crippen molar-refractivity contribution in [3.05, 3.63) is 59.5 Å². The third-order valence-corrected chi connectivity index (χ3v) is 7.30. The largest absolute Gasteiger partial charge is 0.493 e. The van der Waals surface area contributed by atoms with Crippen LogP contribution in [0.4, 0.5) is 5.82 Å². The predicted molar refractivity (Wildman–Crippen MR) is 136 cm³/mol. The van der Waals surface area contributed by atoms with Crippen LogP contribution in [0.5, 0.6) is 5.75 Å². The number of piperidine rings is 1. The number of aldehydes is 1. The van der Waals surface area contributed by atoms with Crippen molar-refractivity contribution >= 4 is 23.7 Å². The first-order valence-electron chi connectivity index (χ1n) is 12.3. The standard InChI is InChI=1S/C27H26N6O4/c28-26-21(14-34)25(16-5-8-32(9-6-16)24(36)15-35)31-27-20(13-30-33(26)27)19-1-3-22(29-12-19)17-2-4-23-18(11-17)7-10-37-23/h1-4,11-14,16,35H,5-10,15,28H2. The van der Waals surface area contributed by atoms with Crippen LogP contribution in [0.3, 0.4) is 0 Å². The lowest BCUT2D eigenvalue weighted by molar-refractivity contribution is -0.135. The molecule has 0 aliphatic carbocycles. The Balaban J connectivity index is 1.33. The maximum Gasteiger partial charge on any atom is 0.248 e. The van der Waals surface area contributed by atoms with E-state index in [9.17, 15) is 9.59 Å².